The summed E-state index contributed by atoms with van der Waals surface area (Å²) in [6.07, 6.45) is -0.614. The van der Waals surface area contributed by atoms with Crippen molar-refractivity contribution in [2.75, 3.05) is 0 Å². The Morgan fingerprint density at radius 2 is 1.21 bits per heavy atom. The number of nitrogens with two attached hydrogens (primary N) is 2. The van der Waals surface area contributed by atoms with Gasteiger partial charge < -0.3 is 42.7 Å². The number of carboxylic acid groups (broad SMARTS) is 1. The van der Waals surface area contributed by atoms with Crippen molar-refractivity contribution in [1.29, 1.82) is 0 Å². The zero-order valence-corrected chi connectivity index (χ0v) is 20.6. The van der Waals surface area contributed by atoms with Gasteiger partial charge >= 0.3 is 5.97 Å². The lowest BCUT2D eigenvalue weighted by atomic mass is 10.0. The van der Waals surface area contributed by atoms with E-state index in [1.165, 1.54) is 43.3 Å². The number of nitrogens with one attached hydrogen (secondary N) is 3. The lowest BCUT2D eigenvalue weighted by Crippen LogP contribution is -2.57. The van der Waals surface area contributed by atoms with Crippen LogP contribution in [0.25, 0.3) is 0 Å². The molecule has 0 aliphatic carbocycles. The Balaban J connectivity index is 2.09. The minimum Gasteiger partial charge on any atom is -0.508 e. The molecule has 0 aromatic heterocycles. The fourth-order valence-corrected chi connectivity index (χ4v) is 3.41. The molecule has 2 aromatic carbocycles. The Hall–Kier alpha value is -4.65. The first-order valence-electron chi connectivity index (χ1n) is 11.6. The standard InChI is InChI=1S/C25H31N5O8/c1-13(28-23(35)18(26)10-14-2-6-16(31)7-3-14)22(34)29-19(11-15-4-8-17(32)9-5-15)24(36)30-20(25(37)38)12-21(27)33/h2-9,13,18-20,31-32H,10-12,26H2,1H3,(H2,27,33)(H,28,35)(H,29,34)(H,30,36)(H,37,38). The van der Waals surface area contributed by atoms with Gasteiger partial charge in [0.05, 0.1) is 12.5 Å². The number of phenolic OH excluding ortho intramolecular Hbond substituents is 2. The van der Waals surface area contributed by atoms with Gasteiger partial charge in [0.25, 0.3) is 0 Å². The maximum atomic E-state index is 12.9. The topological polar surface area (TPSA) is 234 Å². The third kappa shape index (κ3) is 9.43. The molecule has 13 heteroatoms. The van der Waals surface area contributed by atoms with Crippen molar-refractivity contribution in [3.8, 4) is 11.5 Å². The van der Waals surface area contributed by atoms with Crippen LogP contribution >= 0.6 is 0 Å². The van der Waals surface area contributed by atoms with Crippen molar-refractivity contribution in [3.05, 3.63) is 59.7 Å². The Labute approximate surface area is 218 Å². The van der Waals surface area contributed by atoms with Crippen LogP contribution in [0.3, 0.4) is 0 Å². The summed E-state index contributed by atoms with van der Waals surface area (Å²) in [6.45, 7) is 1.38. The molecule has 38 heavy (non-hydrogen) atoms. The first kappa shape index (κ1) is 29.6. The summed E-state index contributed by atoms with van der Waals surface area (Å²) >= 11 is 0. The quantitative estimate of drug-likeness (QED) is 0.153. The van der Waals surface area contributed by atoms with Crippen LogP contribution in [0.5, 0.6) is 11.5 Å². The van der Waals surface area contributed by atoms with E-state index in [9.17, 15) is 39.3 Å². The van der Waals surface area contributed by atoms with E-state index in [4.69, 9.17) is 11.5 Å². The number of primary amides is 1. The van der Waals surface area contributed by atoms with Crippen LogP contribution in [0.15, 0.2) is 48.5 Å². The number of aromatic hydroxyl groups is 2. The molecular weight excluding hydrogens is 498 g/mol. The summed E-state index contributed by atoms with van der Waals surface area (Å²) in [7, 11) is 0. The molecule has 0 saturated heterocycles. The fourth-order valence-electron chi connectivity index (χ4n) is 3.41. The Bertz CT molecular complexity index is 1150. The van der Waals surface area contributed by atoms with Gasteiger partial charge in [0, 0.05) is 6.42 Å². The number of aliphatic carboxylic acids is 1. The van der Waals surface area contributed by atoms with E-state index in [-0.39, 0.29) is 24.3 Å². The number of benzene rings is 2. The maximum absolute atomic E-state index is 12.9. The Kier molecular flexibility index (Phi) is 10.6. The molecule has 0 spiro atoms. The lowest BCUT2D eigenvalue weighted by Gasteiger charge is -2.23. The third-order valence-corrected chi connectivity index (χ3v) is 5.51. The van der Waals surface area contributed by atoms with Crippen molar-refractivity contribution < 1.29 is 39.3 Å². The van der Waals surface area contributed by atoms with Crippen molar-refractivity contribution in [2.24, 2.45) is 11.5 Å². The van der Waals surface area contributed by atoms with Crippen LogP contribution < -0.4 is 27.4 Å². The monoisotopic (exact) mass is 529 g/mol. The van der Waals surface area contributed by atoms with Gasteiger partial charge in [-0.3, -0.25) is 19.2 Å². The average molecular weight is 530 g/mol. The zero-order chi connectivity index (χ0) is 28.4. The molecule has 4 amide bonds. The van der Waals surface area contributed by atoms with Gasteiger partial charge in [0.2, 0.25) is 23.6 Å². The highest BCUT2D eigenvalue weighted by Gasteiger charge is 2.30. The molecule has 0 fully saturated rings. The second kappa shape index (κ2) is 13.6. The van der Waals surface area contributed by atoms with E-state index in [2.05, 4.69) is 16.0 Å². The van der Waals surface area contributed by atoms with E-state index in [0.29, 0.717) is 11.1 Å². The molecule has 0 aliphatic rings. The predicted molar refractivity (Wildman–Crippen MR) is 135 cm³/mol. The van der Waals surface area contributed by atoms with Gasteiger partial charge in [-0.15, -0.1) is 0 Å². The number of phenols is 2. The van der Waals surface area contributed by atoms with Gasteiger partial charge in [-0.25, -0.2) is 4.79 Å². The molecule has 0 aliphatic heterocycles. The number of carboxylic acids is 1. The predicted octanol–water partition coefficient (Wildman–Crippen LogP) is -1.36. The van der Waals surface area contributed by atoms with Crippen molar-refractivity contribution >= 4 is 29.6 Å². The van der Waals surface area contributed by atoms with E-state index in [1.807, 2.05) is 0 Å². The first-order chi connectivity index (χ1) is 17.8. The van der Waals surface area contributed by atoms with Gasteiger partial charge in [-0.05, 0) is 48.7 Å². The maximum Gasteiger partial charge on any atom is 0.326 e. The van der Waals surface area contributed by atoms with Gasteiger partial charge in [0.1, 0.15) is 29.6 Å². The SMILES string of the molecule is CC(NC(=O)C(N)Cc1ccc(O)cc1)C(=O)NC(Cc1ccc(O)cc1)C(=O)NC(CC(N)=O)C(=O)O. The third-order valence-electron chi connectivity index (χ3n) is 5.51. The zero-order valence-electron chi connectivity index (χ0n) is 20.6. The number of hydrogen-bond acceptors (Lipinski definition) is 8. The highest BCUT2D eigenvalue weighted by Crippen LogP contribution is 2.13. The van der Waals surface area contributed by atoms with Crippen molar-refractivity contribution in [3.63, 3.8) is 0 Å². The molecule has 2 rings (SSSR count). The summed E-state index contributed by atoms with van der Waals surface area (Å²) in [5.41, 5.74) is 12.2. The summed E-state index contributed by atoms with van der Waals surface area (Å²) < 4.78 is 0. The molecular formula is C25H31N5O8. The van der Waals surface area contributed by atoms with E-state index >= 15 is 0 Å². The molecule has 10 N–H and O–H groups in total. The Morgan fingerprint density at radius 1 is 0.737 bits per heavy atom. The molecule has 204 valence electrons. The number of hydrogen-bond donors (Lipinski definition) is 8. The second-order valence-electron chi connectivity index (χ2n) is 8.71. The first-order valence-corrected chi connectivity index (χ1v) is 11.6. The van der Waals surface area contributed by atoms with Gasteiger partial charge in [-0.2, -0.15) is 0 Å². The lowest BCUT2D eigenvalue weighted by molar-refractivity contribution is -0.143. The number of carbonyl (C=O) groups is 5. The van der Waals surface area contributed by atoms with E-state index in [1.54, 1.807) is 12.1 Å². The van der Waals surface area contributed by atoms with Crippen molar-refractivity contribution in [2.45, 2.75) is 50.4 Å². The second-order valence-corrected chi connectivity index (χ2v) is 8.71. The summed E-state index contributed by atoms with van der Waals surface area (Å²) in [5.74, 6) is -4.68. The van der Waals surface area contributed by atoms with Crippen molar-refractivity contribution in [1.82, 2.24) is 16.0 Å². The smallest absolute Gasteiger partial charge is 0.326 e. The van der Waals surface area contributed by atoms with Gasteiger partial charge in [0.15, 0.2) is 0 Å². The number of rotatable bonds is 13. The van der Waals surface area contributed by atoms with Gasteiger partial charge in [-0.1, -0.05) is 24.3 Å². The van der Waals surface area contributed by atoms with Crippen LogP contribution in [0.1, 0.15) is 24.5 Å². The summed E-state index contributed by atoms with van der Waals surface area (Å²) in [5, 5.41) is 35.3. The minimum absolute atomic E-state index is 0.0221. The number of carbonyl (C=O) groups excluding carboxylic acids is 4. The van der Waals surface area contributed by atoms with E-state index in [0.717, 1.165) is 0 Å². The van der Waals surface area contributed by atoms with E-state index < -0.39 is 60.2 Å². The highest BCUT2D eigenvalue weighted by molar-refractivity contribution is 5.94. The van der Waals surface area contributed by atoms with Crippen LogP contribution in [-0.4, -0.2) is 69.1 Å². The van der Waals surface area contributed by atoms with Crippen LogP contribution in [0.2, 0.25) is 0 Å². The summed E-state index contributed by atoms with van der Waals surface area (Å²) in [6, 6.07) is 6.83. The largest absolute Gasteiger partial charge is 0.508 e. The molecule has 0 radical (unpaired) electrons. The molecule has 2 aromatic rings. The Morgan fingerprint density at radius 3 is 1.68 bits per heavy atom. The highest BCUT2D eigenvalue weighted by atomic mass is 16.4. The number of amides is 4. The minimum atomic E-state index is -1.62. The molecule has 4 atom stereocenters. The van der Waals surface area contributed by atoms with Crippen LogP contribution in [0.4, 0.5) is 0 Å². The molecule has 0 saturated carbocycles. The van der Waals surface area contributed by atoms with Crippen LogP contribution in [0, 0.1) is 0 Å². The molecule has 13 nitrogen and oxygen atoms in total. The molecule has 0 heterocycles. The van der Waals surface area contributed by atoms with Crippen LogP contribution in [-0.2, 0) is 36.8 Å². The summed E-state index contributed by atoms with van der Waals surface area (Å²) in [4.78, 5) is 60.9. The fraction of sp³-hybridized carbons (Fsp3) is 0.320. The normalized spacial score (nSPS) is 13.8. The molecule has 4 unspecified atom stereocenters. The molecule has 0 bridgehead atoms. The average Bonchev–Trinajstić information content (AvgIpc) is 2.85.